The van der Waals surface area contributed by atoms with Gasteiger partial charge in [-0.1, -0.05) is 36.4 Å². The zero-order chi connectivity index (χ0) is 21.0. The van der Waals surface area contributed by atoms with Crippen molar-refractivity contribution in [1.29, 1.82) is 0 Å². The first-order valence-electron chi connectivity index (χ1n) is 9.67. The Morgan fingerprint density at radius 2 is 1.90 bits per heavy atom. The zero-order valence-electron chi connectivity index (χ0n) is 16.9. The lowest BCUT2D eigenvalue weighted by Crippen LogP contribution is -2.42. The van der Waals surface area contributed by atoms with Crippen LogP contribution in [0.2, 0.25) is 0 Å². The van der Waals surface area contributed by atoms with E-state index in [4.69, 9.17) is 4.74 Å². The molecule has 152 valence electrons. The first-order chi connectivity index (χ1) is 13.8. The molecule has 2 amide bonds. The van der Waals surface area contributed by atoms with Gasteiger partial charge in [0.15, 0.2) is 0 Å². The second kappa shape index (κ2) is 8.39. The van der Waals surface area contributed by atoms with E-state index in [1.165, 1.54) is 0 Å². The van der Waals surface area contributed by atoms with E-state index in [9.17, 15) is 14.7 Å². The Morgan fingerprint density at radius 1 is 1.17 bits per heavy atom. The molecule has 3 rings (SSSR count). The number of aryl methyl sites for hydroxylation is 1. The molecule has 0 radical (unpaired) electrons. The first-order valence-corrected chi connectivity index (χ1v) is 9.67. The topological polar surface area (TPSA) is 87.7 Å². The fraction of sp³-hybridized carbons (Fsp3) is 0.304. The predicted molar refractivity (Wildman–Crippen MR) is 112 cm³/mol. The molecule has 3 N–H and O–H groups in total. The van der Waals surface area contributed by atoms with Gasteiger partial charge in [-0.2, -0.15) is 0 Å². The van der Waals surface area contributed by atoms with Gasteiger partial charge in [0.05, 0.1) is 11.6 Å². The summed E-state index contributed by atoms with van der Waals surface area (Å²) in [6.07, 6.45) is 1.13. The van der Waals surface area contributed by atoms with Crippen LogP contribution < -0.4 is 15.4 Å². The fourth-order valence-corrected chi connectivity index (χ4v) is 3.30. The van der Waals surface area contributed by atoms with E-state index >= 15 is 0 Å². The highest BCUT2D eigenvalue weighted by Gasteiger charge is 2.44. The van der Waals surface area contributed by atoms with Crippen molar-refractivity contribution in [1.82, 2.24) is 5.32 Å². The fourth-order valence-electron chi connectivity index (χ4n) is 3.30. The molecule has 2 aromatic carbocycles. The van der Waals surface area contributed by atoms with E-state index in [1.807, 2.05) is 44.2 Å². The van der Waals surface area contributed by atoms with Crippen molar-refractivity contribution in [3.8, 4) is 5.75 Å². The maximum atomic E-state index is 12.7. The van der Waals surface area contributed by atoms with Crippen LogP contribution in [0.25, 0.3) is 0 Å². The maximum absolute atomic E-state index is 12.7. The second-order valence-corrected chi connectivity index (χ2v) is 7.64. The van der Waals surface area contributed by atoms with E-state index in [0.29, 0.717) is 24.3 Å². The van der Waals surface area contributed by atoms with Gasteiger partial charge in [-0.15, -0.1) is 0 Å². The molecule has 0 saturated heterocycles. The van der Waals surface area contributed by atoms with Crippen molar-refractivity contribution < 1.29 is 19.4 Å². The molecule has 0 aliphatic carbocycles. The summed E-state index contributed by atoms with van der Waals surface area (Å²) in [7, 11) is 0. The number of hydrogen-bond donors (Lipinski definition) is 3. The molecular weight excluding hydrogens is 368 g/mol. The second-order valence-electron chi connectivity index (χ2n) is 7.64. The van der Waals surface area contributed by atoms with Gasteiger partial charge in [-0.25, -0.2) is 0 Å². The van der Waals surface area contributed by atoms with Gasteiger partial charge < -0.3 is 20.5 Å². The van der Waals surface area contributed by atoms with Crippen molar-refractivity contribution in [2.75, 3.05) is 5.32 Å². The lowest BCUT2D eigenvalue weighted by atomic mass is 9.92. The van der Waals surface area contributed by atoms with Gasteiger partial charge in [0.25, 0.3) is 11.8 Å². The first kappa shape index (κ1) is 20.5. The van der Waals surface area contributed by atoms with Crippen molar-refractivity contribution >= 4 is 17.5 Å². The number of hydrogen-bond acceptors (Lipinski definition) is 4. The highest BCUT2D eigenvalue weighted by atomic mass is 16.5. The van der Waals surface area contributed by atoms with Crippen LogP contribution in [-0.4, -0.2) is 28.6 Å². The minimum atomic E-state index is -0.984. The van der Waals surface area contributed by atoms with Crippen molar-refractivity contribution in [2.24, 2.45) is 0 Å². The summed E-state index contributed by atoms with van der Waals surface area (Å²) in [5, 5.41) is 16.1. The average Bonchev–Trinajstić information content (AvgIpc) is 2.89. The molecule has 1 heterocycles. The number of aliphatic hydroxyl groups is 1. The summed E-state index contributed by atoms with van der Waals surface area (Å²) in [6, 6.07) is 16.7. The number of carbonyl (C=O) groups excluding carboxylic acids is 2. The number of ether oxygens (including phenoxy) is 1. The van der Waals surface area contributed by atoms with E-state index < -0.39 is 17.4 Å². The lowest BCUT2D eigenvalue weighted by Gasteiger charge is -2.24. The minimum Gasteiger partial charge on any atom is -0.509 e. The standard InChI is InChI=1S/C23H26N2O4/c1-15(2)29-18-11-7-10-17(14-18)24-21(27)19-20(26)23(3,25-22(19)28)13-12-16-8-5-4-6-9-16/h4-11,14-15,26H,12-13H2,1-3H3,(H,24,27)(H,25,28). The molecule has 0 bridgehead atoms. The minimum absolute atomic E-state index is 0.00126. The summed E-state index contributed by atoms with van der Waals surface area (Å²) in [6.45, 7) is 5.54. The van der Waals surface area contributed by atoms with Gasteiger partial charge in [-0.05, 0) is 51.3 Å². The van der Waals surface area contributed by atoms with Crippen molar-refractivity contribution in [3.05, 3.63) is 71.5 Å². The van der Waals surface area contributed by atoms with E-state index in [0.717, 1.165) is 5.56 Å². The van der Waals surface area contributed by atoms with Crippen LogP contribution in [0.5, 0.6) is 5.75 Å². The number of aliphatic hydroxyl groups excluding tert-OH is 1. The van der Waals surface area contributed by atoms with E-state index in [1.54, 1.807) is 31.2 Å². The highest BCUT2D eigenvalue weighted by Crippen LogP contribution is 2.30. The van der Waals surface area contributed by atoms with Crippen LogP contribution in [-0.2, 0) is 16.0 Å². The number of anilines is 1. The van der Waals surface area contributed by atoms with Crippen molar-refractivity contribution in [3.63, 3.8) is 0 Å². The number of benzene rings is 2. The molecule has 1 aliphatic rings. The smallest absolute Gasteiger partial charge is 0.264 e. The number of rotatable bonds is 7. The van der Waals surface area contributed by atoms with Crippen LogP contribution in [0.3, 0.4) is 0 Å². The molecule has 0 aromatic heterocycles. The summed E-state index contributed by atoms with van der Waals surface area (Å²) >= 11 is 0. The Hall–Kier alpha value is -3.28. The normalized spacial score (nSPS) is 18.7. The molecule has 1 aliphatic heterocycles. The molecule has 6 nitrogen and oxygen atoms in total. The van der Waals surface area contributed by atoms with Crippen LogP contribution in [0, 0.1) is 0 Å². The lowest BCUT2D eigenvalue weighted by molar-refractivity contribution is -0.121. The molecule has 29 heavy (non-hydrogen) atoms. The zero-order valence-corrected chi connectivity index (χ0v) is 16.9. The molecule has 0 fully saturated rings. The SMILES string of the molecule is CC(C)Oc1cccc(NC(=O)C2=C(O)C(C)(CCc3ccccc3)NC2=O)c1. The molecule has 6 heteroatoms. The molecule has 1 atom stereocenters. The van der Waals surface area contributed by atoms with Gasteiger partial charge in [0.2, 0.25) is 0 Å². The summed E-state index contributed by atoms with van der Waals surface area (Å²) < 4.78 is 5.62. The maximum Gasteiger partial charge on any atom is 0.264 e. The summed E-state index contributed by atoms with van der Waals surface area (Å²) in [4.78, 5) is 25.1. The monoisotopic (exact) mass is 394 g/mol. The Kier molecular flexibility index (Phi) is 5.92. The number of nitrogens with one attached hydrogen (secondary N) is 2. The molecule has 1 unspecified atom stereocenters. The van der Waals surface area contributed by atoms with Crippen LogP contribution >= 0.6 is 0 Å². The summed E-state index contributed by atoms with van der Waals surface area (Å²) in [5.74, 6) is -0.847. The highest BCUT2D eigenvalue weighted by molar-refractivity contribution is 6.24. The summed E-state index contributed by atoms with van der Waals surface area (Å²) in [5.41, 5.74) is 0.341. The molecule has 2 aromatic rings. The van der Waals surface area contributed by atoms with Crippen LogP contribution in [0.15, 0.2) is 65.9 Å². The van der Waals surface area contributed by atoms with E-state index in [-0.39, 0.29) is 17.4 Å². The number of carbonyl (C=O) groups is 2. The average molecular weight is 394 g/mol. The van der Waals surface area contributed by atoms with Gasteiger partial charge >= 0.3 is 0 Å². The predicted octanol–water partition coefficient (Wildman–Crippen LogP) is 3.75. The molecule has 0 spiro atoms. The third-order valence-electron chi connectivity index (χ3n) is 4.82. The van der Waals surface area contributed by atoms with Crippen molar-refractivity contribution in [2.45, 2.75) is 45.3 Å². The Morgan fingerprint density at radius 3 is 2.59 bits per heavy atom. The van der Waals surface area contributed by atoms with Gasteiger partial charge in [0, 0.05) is 11.8 Å². The largest absolute Gasteiger partial charge is 0.509 e. The van der Waals surface area contributed by atoms with E-state index in [2.05, 4.69) is 10.6 Å². The Labute approximate surface area is 170 Å². The van der Waals surface area contributed by atoms with Crippen LogP contribution in [0.1, 0.15) is 32.8 Å². The quantitative estimate of drug-likeness (QED) is 0.624. The molecular formula is C23H26N2O4. The third-order valence-corrected chi connectivity index (χ3v) is 4.82. The van der Waals surface area contributed by atoms with Crippen LogP contribution in [0.4, 0.5) is 5.69 Å². The Bertz CT molecular complexity index is 937. The van der Waals surface area contributed by atoms with Gasteiger partial charge in [-0.3, -0.25) is 9.59 Å². The third kappa shape index (κ3) is 4.77. The van der Waals surface area contributed by atoms with Gasteiger partial charge in [0.1, 0.15) is 17.1 Å². The number of amides is 2. The Balaban J connectivity index is 1.74. The molecule has 0 saturated carbocycles.